The van der Waals surface area contributed by atoms with E-state index in [0.29, 0.717) is 18.0 Å². The number of fused-ring (bicyclic) bond motifs is 2. The highest BCUT2D eigenvalue weighted by Gasteiger charge is 2.44. The molecule has 2 saturated heterocycles. The maximum atomic E-state index is 12.3. The zero-order valence-electron chi connectivity index (χ0n) is 14.0. The Balaban J connectivity index is 0.00000169. The first kappa shape index (κ1) is 18.1. The fraction of sp³-hybridized carbons (Fsp3) is 0.632. The van der Waals surface area contributed by atoms with E-state index in [1.165, 1.54) is 43.4 Å². The zero-order valence-corrected chi connectivity index (χ0v) is 15.6. The third-order valence-electron chi connectivity index (χ3n) is 5.54. The summed E-state index contributed by atoms with van der Waals surface area (Å²) in [5, 5.41) is 6.87. The number of rotatable bonds is 6. The van der Waals surface area contributed by atoms with Crippen LogP contribution in [0.4, 0.5) is 0 Å². The minimum absolute atomic E-state index is 0. The molecule has 2 aliphatic heterocycles. The summed E-state index contributed by atoms with van der Waals surface area (Å²) in [6.07, 6.45) is 8.14. The van der Waals surface area contributed by atoms with Gasteiger partial charge in [-0.2, -0.15) is 0 Å². The first-order valence-corrected chi connectivity index (χ1v) is 9.79. The van der Waals surface area contributed by atoms with Gasteiger partial charge in [0.25, 0.3) is 0 Å². The Morgan fingerprint density at radius 2 is 1.83 bits per heavy atom. The number of benzene rings is 1. The van der Waals surface area contributed by atoms with Gasteiger partial charge in [-0.1, -0.05) is 18.2 Å². The average molecular weight is 367 g/mol. The molecule has 1 aromatic carbocycles. The van der Waals surface area contributed by atoms with Crippen LogP contribution in [0.1, 0.15) is 44.9 Å². The van der Waals surface area contributed by atoms with E-state index >= 15 is 0 Å². The van der Waals surface area contributed by atoms with E-state index in [4.69, 9.17) is 0 Å². The Kier molecular flexibility index (Phi) is 5.78. The lowest BCUT2D eigenvalue weighted by molar-refractivity contribution is -0.122. The largest absolute Gasteiger partial charge is 0.355 e. The third kappa shape index (κ3) is 4.47. The van der Waals surface area contributed by atoms with Crippen LogP contribution >= 0.6 is 24.2 Å². The van der Waals surface area contributed by atoms with Crippen molar-refractivity contribution in [3.05, 3.63) is 30.3 Å². The highest BCUT2D eigenvalue weighted by atomic mass is 35.5. The molecule has 1 saturated carbocycles. The monoisotopic (exact) mass is 366 g/mol. The molecule has 3 nitrogen and oxygen atoms in total. The molecule has 0 spiro atoms. The number of amides is 1. The van der Waals surface area contributed by atoms with Crippen LogP contribution in [0.5, 0.6) is 0 Å². The van der Waals surface area contributed by atoms with Crippen LogP contribution in [0.2, 0.25) is 0 Å². The van der Waals surface area contributed by atoms with Crippen LogP contribution in [0.25, 0.3) is 0 Å². The summed E-state index contributed by atoms with van der Waals surface area (Å²) in [4.78, 5) is 13.6. The van der Waals surface area contributed by atoms with E-state index in [-0.39, 0.29) is 23.1 Å². The van der Waals surface area contributed by atoms with Crippen molar-refractivity contribution in [3.8, 4) is 0 Å². The normalized spacial score (nSPS) is 29.6. The summed E-state index contributed by atoms with van der Waals surface area (Å²) < 4.78 is 0.254. The van der Waals surface area contributed by atoms with Gasteiger partial charge in [0.2, 0.25) is 5.91 Å². The van der Waals surface area contributed by atoms with E-state index < -0.39 is 0 Å². The van der Waals surface area contributed by atoms with Crippen LogP contribution in [0, 0.1) is 5.92 Å². The quantitative estimate of drug-likeness (QED) is 0.805. The predicted octanol–water partition coefficient (Wildman–Crippen LogP) is 3.77. The number of thioether (sulfide) groups is 1. The molecule has 2 N–H and O–H groups in total. The summed E-state index contributed by atoms with van der Waals surface area (Å²) >= 11 is 1.93. The molecule has 2 bridgehead atoms. The summed E-state index contributed by atoms with van der Waals surface area (Å²) in [5.41, 5.74) is 0. The number of hydrogen-bond acceptors (Lipinski definition) is 3. The van der Waals surface area contributed by atoms with Crippen molar-refractivity contribution in [1.29, 1.82) is 0 Å². The van der Waals surface area contributed by atoms with E-state index in [1.54, 1.807) is 0 Å². The molecule has 4 rings (SSSR count). The fourth-order valence-electron chi connectivity index (χ4n) is 4.13. The van der Waals surface area contributed by atoms with Crippen molar-refractivity contribution in [1.82, 2.24) is 10.6 Å². The second-order valence-corrected chi connectivity index (χ2v) is 9.10. The van der Waals surface area contributed by atoms with Crippen LogP contribution in [0.15, 0.2) is 35.2 Å². The molecule has 1 aromatic rings. The molecule has 5 heteroatoms. The smallest absolute Gasteiger partial charge is 0.220 e. The maximum Gasteiger partial charge on any atom is 0.220 e. The Labute approximate surface area is 155 Å². The molecule has 2 heterocycles. The molecule has 2 atom stereocenters. The highest BCUT2D eigenvalue weighted by molar-refractivity contribution is 8.01. The zero-order chi connectivity index (χ0) is 15.7. The Hall–Kier alpha value is -0.710. The summed E-state index contributed by atoms with van der Waals surface area (Å²) in [6.45, 7) is 0.823. The van der Waals surface area contributed by atoms with Crippen molar-refractivity contribution in [2.45, 2.75) is 66.7 Å². The second kappa shape index (κ2) is 7.67. The van der Waals surface area contributed by atoms with Gasteiger partial charge in [0.15, 0.2) is 0 Å². The van der Waals surface area contributed by atoms with Gasteiger partial charge in [-0.15, -0.1) is 24.2 Å². The van der Waals surface area contributed by atoms with Gasteiger partial charge in [0.05, 0.1) is 0 Å². The Morgan fingerprint density at radius 3 is 2.46 bits per heavy atom. The number of carbonyl (C=O) groups excluding carboxylic acids is 1. The van der Waals surface area contributed by atoms with Crippen LogP contribution in [-0.4, -0.2) is 29.3 Å². The van der Waals surface area contributed by atoms with E-state index in [9.17, 15) is 4.79 Å². The van der Waals surface area contributed by atoms with Gasteiger partial charge in [0, 0.05) is 34.7 Å². The maximum absolute atomic E-state index is 12.3. The van der Waals surface area contributed by atoms with E-state index in [2.05, 4.69) is 41.0 Å². The van der Waals surface area contributed by atoms with Gasteiger partial charge in [-0.05, 0) is 56.6 Å². The molecular weight excluding hydrogens is 340 g/mol. The van der Waals surface area contributed by atoms with Gasteiger partial charge in [-0.3, -0.25) is 4.79 Å². The number of hydrogen-bond donors (Lipinski definition) is 2. The number of halogens is 1. The van der Waals surface area contributed by atoms with E-state index in [0.717, 1.165) is 13.0 Å². The Morgan fingerprint density at radius 1 is 1.17 bits per heavy atom. The Bertz CT molecular complexity index is 552. The lowest BCUT2D eigenvalue weighted by atomic mass is 9.89. The van der Waals surface area contributed by atoms with Crippen molar-refractivity contribution in [3.63, 3.8) is 0 Å². The van der Waals surface area contributed by atoms with Crippen molar-refractivity contribution < 1.29 is 4.79 Å². The summed E-state index contributed by atoms with van der Waals surface area (Å²) in [7, 11) is 0. The molecule has 3 fully saturated rings. The molecule has 1 amide bonds. The van der Waals surface area contributed by atoms with Gasteiger partial charge >= 0.3 is 0 Å². The molecule has 132 valence electrons. The lowest BCUT2D eigenvalue weighted by Gasteiger charge is -2.28. The molecule has 0 aromatic heterocycles. The van der Waals surface area contributed by atoms with Crippen LogP contribution < -0.4 is 10.6 Å². The number of nitrogens with one attached hydrogen (secondary N) is 2. The minimum Gasteiger partial charge on any atom is -0.355 e. The second-order valence-electron chi connectivity index (χ2n) is 7.55. The topological polar surface area (TPSA) is 41.1 Å². The molecule has 1 aliphatic carbocycles. The predicted molar refractivity (Wildman–Crippen MR) is 102 cm³/mol. The third-order valence-corrected chi connectivity index (χ3v) is 7.03. The minimum atomic E-state index is 0. The van der Waals surface area contributed by atoms with Crippen LogP contribution in [0.3, 0.4) is 0 Å². The standard InChI is InChI=1S/C19H26N2OS.ClH/c22-18(12-14-10-15-6-7-16(11-14)21-15)20-13-19(8-9-19)23-17-4-2-1-3-5-17;/h1-5,14-16,21H,6-13H2,(H,20,22);1H. The SMILES string of the molecule is Cl.O=C(CC1CC2CCC(C1)N2)NCC1(Sc2ccccc2)CC1. The van der Waals surface area contributed by atoms with Gasteiger partial charge < -0.3 is 10.6 Å². The first-order valence-electron chi connectivity index (χ1n) is 8.98. The van der Waals surface area contributed by atoms with Crippen molar-refractivity contribution in [2.24, 2.45) is 5.92 Å². The number of carbonyl (C=O) groups is 1. The average Bonchev–Trinajstić information content (AvgIpc) is 3.23. The molecule has 0 radical (unpaired) electrons. The molecule has 2 unspecified atom stereocenters. The van der Waals surface area contributed by atoms with Gasteiger partial charge in [-0.25, -0.2) is 0 Å². The summed E-state index contributed by atoms with van der Waals surface area (Å²) in [5.74, 6) is 0.849. The highest BCUT2D eigenvalue weighted by Crippen LogP contribution is 2.51. The fourth-order valence-corrected chi connectivity index (χ4v) is 5.37. The lowest BCUT2D eigenvalue weighted by Crippen LogP contribution is -2.40. The van der Waals surface area contributed by atoms with Crippen LogP contribution in [-0.2, 0) is 4.79 Å². The first-order chi connectivity index (χ1) is 11.2. The van der Waals surface area contributed by atoms with E-state index in [1.807, 2.05) is 11.8 Å². The van der Waals surface area contributed by atoms with Gasteiger partial charge in [0.1, 0.15) is 0 Å². The summed E-state index contributed by atoms with van der Waals surface area (Å²) in [6, 6.07) is 11.9. The molecular formula is C19H27ClN2OS. The van der Waals surface area contributed by atoms with Crippen molar-refractivity contribution in [2.75, 3.05) is 6.54 Å². The van der Waals surface area contributed by atoms with Crippen molar-refractivity contribution >= 4 is 30.1 Å². The molecule has 24 heavy (non-hydrogen) atoms. The number of piperidine rings is 1. The molecule has 3 aliphatic rings.